The first kappa shape index (κ1) is 29.2. The van der Waals surface area contributed by atoms with Gasteiger partial charge in [-0.2, -0.15) is 4.39 Å². The summed E-state index contributed by atoms with van der Waals surface area (Å²) in [7, 11) is -4.25. The molecule has 1 aromatic carbocycles. The molecule has 2 bridgehead atoms. The average Bonchev–Trinajstić information content (AvgIpc) is 3.25. The zero-order chi connectivity index (χ0) is 28.5. The molecule has 4 fully saturated rings. The molecular weight excluding hydrogens is 561 g/mol. The topological polar surface area (TPSA) is 125 Å². The molecule has 5 atom stereocenters. The van der Waals surface area contributed by atoms with E-state index in [0.717, 1.165) is 4.90 Å². The molecule has 0 aromatic heterocycles. The fourth-order valence-electron chi connectivity index (χ4n) is 5.63. The van der Waals surface area contributed by atoms with Crippen molar-refractivity contribution in [2.75, 3.05) is 24.7 Å². The Morgan fingerprint density at radius 3 is 2.64 bits per heavy atom. The number of nitrogens with zero attached hydrogens (tertiary/aromatic N) is 1. The van der Waals surface area contributed by atoms with Crippen molar-refractivity contribution < 1.29 is 36.0 Å². The number of alkyl halides is 2. The normalized spacial score (nSPS) is 27.2. The van der Waals surface area contributed by atoms with E-state index >= 15 is 0 Å². The smallest absolute Gasteiger partial charge is 0.255 e. The summed E-state index contributed by atoms with van der Waals surface area (Å²) in [5.74, 6) is -7.20. The molecule has 1 saturated carbocycles. The van der Waals surface area contributed by atoms with Crippen LogP contribution in [0.15, 0.2) is 35.5 Å². The van der Waals surface area contributed by atoms with Crippen molar-refractivity contribution in [3.8, 4) is 0 Å². The average molecular weight is 591 g/mol. The minimum atomic E-state index is -4.25. The molecule has 0 unspecified atom stereocenters. The largest absolute Gasteiger partial charge is 0.376 e. The Balaban J connectivity index is 1.58. The Labute approximate surface area is 229 Å². The molecule has 3 saturated heterocycles. The van der Waals surface area contributed by atoms with Crippen LogP contribution in [0.25, 0.3) is 0 Å². The monoisotopic (exact) mass is 590 g/mol. The van der Waals surface area contributed by atoms with Crippen LogP contribution in [-0.4, -0.2) is 74.4 Å². The molecule has 3 heterocycles. The maximum atomic E-state index is 15.0. The number of nitrogens with one attached hydrogen (secondary N) is 3. The van der Waals surface area contributed by atoms with Crippen molar-refractivity contribution in [1.29, 1.82) is 0 Å². The van der Waals surface area contributed by atoms with Gasteiger partial charge >= 0.3 is 0 Å². The van der Waals surface area contributed by atoms with Crippen molar-refractivity contribution in [3.05, 3.63) is 40.5 Å². The molecule has 1 aliphatic carbocycles. The first-order valence-electron chi connectivity index (χ1n) is 12.6. The van der Waals surface area contributed by atoms with Gasteiger partial charge < -0.3 is 20.9 Å². The van der Waals surface area contributed by atoms with Crippen molar-refractivity contribution >= 4 is 44.8 Å². The van der Waals surface area contributed by atoms with E-state index in [4.69, 9.17) is 11.6 Å². The number of anilines is 1. The molecule has 39 heavy (non-hydrogen) atoms. The predicted octanol–water partition coefficient (Wildman–Crippen LogP) is 2.63. The summed E-state index contributed by atoms with van der Waals surface area (Å²) in [4.78, 5) is 40.1. The highest BCUT2D eigenvalue weighted by molar-refractivity contribution is 7.94. The van der Waals surface area contributed by atoms with Gasteiger partial charge in [-0.15, -0.1) is 0 Å². The van der Waals surface area contributed by atoms with E-state index in [-0.39, 0.29) is 25.3 Å². The lowest BCUT2D eigenvalue weighted by atomic mass is 9.71. The number of sulfone groups is 1. The van der Waals surface area contributed by atoms with E-state index in [1.165, 1.54) is 0 Å². The number of halogens is 4. The van der Waals surface area contributed by atoms with Crippen LogP contribution in [0.1, 0.15) is 32.1 Å². The maximum Gasteiger partial charge on any atom is 0.255 e. The van der Waals surface area contributed by atoms with Crippen LogP contribution in [0.5, 0.6) is 0 Å². The Kier molecular flexibility index (Phi) is 8.50. The number of rotatable bonds is 9. The van der Waals surface area contributed by atoms with Crippen molar-refractivity contribution in [2.45, 2.75) is 56.2 Å². The lowest BCUT2D eigenvalue weighted by molar-refractivity contribution is -0.193. The molecule has 9 nitrogen and oxygen atoms in total. The van der Waals surface area contributed by atoms with Gasteiger partial charge in [0.15, 0.2) is 0 Å². The predicted molar refractivity (Wildman–Crippen MR) is 138 cm³/mol. The van der Waals surface area contributed by atoms with Crippen LogP contribution < -0.4 is 16.0 Å². The Morgan fingerprint density at radius 2 is 2.03 bits per heavy atom. The van der Waals surface area contributed by atoms with Crippen LogP contribution in [-0.2, 0) is 24.2 Å². The van der Waals surface area contributed by atoms with Gasteiger partial charge in [0.05, 0.1) is 18.5 Å². The van der Waals surface area contributed by atoms with Gasteiger partial charge in [-0.05, 0) is 50.0 Å². The second-order valence-electron chi connectivity index (χ2n) is 10.3. The van der Waals surface area contributed by atoms with Crippen LogP contribution in [0.4, 0.5) is 18.9 Å². The second kappa shape index (κ2) is 11.4. The Morgan fingerprint density at radius 1 is 1.28 bits per heavy atom. The Bertz CT molecular complexity index is 1280. The number of carbonyl (C=O) groups excluding carboxylic acids is 3. The molecule has 0 radical (unpaired) electrons. The quantitative estimate of drug-likeness (QED) is 0.406. The second-order valence-corrected chi connectivity index (χ2v) is 12.7. The molecular formula is C25H30ClF3N4O5S. The molecule has 0 spiro atoms. The zero-order valence-electron chi connectivity index (χ0n) is 21.1. The van der Waals surface area contributed by atoms with Gasteiger partial charge in [-0.3, -0.25) is 14.4 Å². The first-order valence-corrected chi connectivity index (χ1v) is 14.9. The highest BCUT2D eigenvalue weighted by Gasteiger charge is 2.60. The highest BCUT2D eigenvalue weighted by Crippen LogP contribution is 2.49. The summed E-state index contributed by atoms with van der Waals surface area (Å²) in [6.07, 6.45) is 1.27. The molecule has 1 aromatic rings. The fraction of sp³-hybridized carbons (Fsp3) is 0.560. The number of carbonyl (C=O) groups is 3. The third-order valence-electron chi connectivity index (χ3n) is 7.48. The van der Waals surface area contributed by atoms with Crippen LogP contribution in [0.2, 0.25) is 5.02 Å². The van der Waals surface area contributed by atoms with Crippen LogP contribution in [0, 0.1) is 11.8 Å². The summed E-state index contributed by atoms with van der Waals surface area (Å²) in [5, 5.41) is 6.88. The van der Waals surface area contributed by atoms with Crippen LogP contribution in [0.3, 0.4) is 0 Å². The summed E-state index contributed by atoms with van der Waals surface area (Å²) in [5.41, 5.74) is 0.528. The molecule has 3 aliphatic heterocycles. The van der Waals surface area contributed by atoms with Gasteiger partial charge in [-0.25, -0.2) is 17.2 Å². The highest BCUT2D eigenvalue weighted by atomic mass is 35.5. The van der Waals surface area contributed by atoms with Gasteiger partial charge in [0.25, 0.3) is 5.92 Å². The van der Waals surface area contributed by atoms with Crippen molar-refractivity contribution in [1.82, 2.24) is 15.5 Å². The minimum absolute atomic E-state index is 0.00446. The molecule has 14 heteroatoms. The third-order valence-corrected chi connectivity index (χ3v) is 8.56. The van der Waals surface area contributed by atoms with Crippen molar-refractivity contribution in [3.63, 3.8) is 0 Å². The molecule has 4 aliphatic rings. The molecule has 3 amide bonds. The van der Waals surface area contributed by atoms with Crippen molar-refractivity contribution in [2.24, 2.45) is 11.8 Å². The number of fused-ring (bicyclic) bond motifs is 3. The molecule has 5 rings (SSSR count). The van der Waals surface area contributed by atoms with Gasteiger partial charge in [0.2, 0.25) is 32.7 Å². The molecule has 214 valence electrons. The van der Waals surface area contributed by atoms with Gasteiger partial charge in [-0.1, -0.05) is 17.7 Å². The Hall–Kier alpha value is -2.80. The van der Waals surface area contributed by atoms with E-state index in [9.17, 15) is 36.0 Å². The minimum Gasteiger partial charge on any atom is -0.376 e. The summed E-state index contributed by atoms with van der Waals surface area (Å²) < 4.78 is 67.7. The van der Waals surface area contributed by atoms with E-state index in [0.29, 0.717) is 42.4 Å². The van der Waals surface area contributed by atoms with Gasteiger partial charge in [0, 0.05) is 41.9 Å². The number of amides is 3. The third kappa shape index (κ3) is 6.68. The first-order chi connectivity index (χ1) is 18.3. The number of piperidine rings is 2. The maximum absolute atomic E-state index is 15.0. The number of benzene rings is 1. The molecule has 3 N–H and O–H groups in total. The SMILES string of the molecule is CS(=O)(=O)/C(F)=C/[C@H](C[C@H]1CCNC1=O)NC(=O)[C@@H]1[C@@H]2CC[C@@H](CC2(F)F)N1C(=O)CNc1cccc(Cl)c1. The van der Waals surface area contributed by atoms with E-state index in [1.807, 2.05) is 0 Å². The number of hydrogen-bond donors (Lipinski definition) is 3. The van der Waals surface area contributed by atoms with E-state index in [1.54, 1.807) is 24.3 Å². The zero-order valence-corrected chi connectivity index (χ0v) is 22.7. The van der Waals surface area contributed by atoms with E-state index < -0.39 is 69.1 Å². The number of hydrogen-bond acceptors (Lipinski definition) is 6. The lowest BCUT2D eigenvalue weighted by Gasteiger charge is -2.53. The summed E-state index contributed by atoms with van der Waals surface area (Å²) >= 11 is 5.97. The fourth-order valence-corrected chi connectivity index (χ4v) is 6.23. The summed E-state index contributed by atoms with van der Waals surface area (Å²) in [6.45, 7) is 0.0795. The van der Waals surface area contributed by atoms with E-state index in [2.05, 4.69) is 16.0 Å². The standard InChI is InChI=1S/C25H30ClF3N4O5S/c1-39(37,38)20(27)11-17(9-14-7-8-30-23(14)35)32-24(36)22-19-6-5-18(12-25(19,28)29)33(22)21(34)13-31-16-4-2-3-15(26)10-16/h2-4,10-11,14,17-19,22,31H,5-9,12-13H2,1H3,(H,30,35)(H,32,36)/b20-11+/t14-,17+,18+,19+,22+/m1/s1. The summed E-state index contributed by atoms with van der Waals surface area (Å²) in [6, 6.07) is 2.84. The lowest BCUT2D eigenvalue weighted by Crippen LogP contribution is -2.69. The van der Waals surface area contributed by atoms with Gasteiger partial charge in [0.1, 0.15) is 6.04 Å². The van der Waals surface area contributed by atoms with Crippen LogP contribution >= 0.6 is 11.6 Å².